The van der Waals surface area contributed by atoms with E-state index < -0.39 is 52.8 Å². The first-order valence-electron chi connectivity index (χ1n) is 13.3. The molecule has 0 aromatic heterocycles. The van der Waals surface area contributed by atoms with Crippen LogP contribution in [0, 0.1) is 11.7 Å². The van der Waals surface area contributed by atoms with Crippen LogP contribution in [0.15, 0.2) is 36.4 Å². The molecule has 1 saturated carbocycles. The predicted octanol–water partition coefficient (Wildman–Crippen LogP) is 2.76. The van der Waals surface area contributed by atoms with Crippen LogP contribution in [0.25, 0.3) is 0 Å². The van der Waals surface area contributed by atoms with Crippen LogP contribution in [0.3, 0.4) is 0 Å². The summed E-state index contributed by atoms with van der Waals surface area (Å²) in [7, 11) is 2.98. The average molecular weight is 557 g/mol. The molecule has 3 rings (SSSR count). The van der Waals surface area contributed by atoms with Crippen LogP contribution in [0.2, 0.25) is 0 Å². The number of hydrogen-bond donors (Lipinski definition) is 4. The highest BCUT2D eigenvalue weighted by atomic mass is 19.1. The van der Waals surface area contributed by atoms with Crippen molar-refractivity contribution in [3.05, 3.63) is 58.9 Å². The van der Waals surface area contributed by atoms with E-state index in [-0.39, 0.29) is 29.9 Å². The second-order valence-electron chi connectivity index (χ2n) is 12.3. The van der Waals surface area contributed by atoms with Crippen molar-refractivity contribution < 1.29 is 29.0 Å². The van der Waals surface area contributed by atoms with E-state index in [0.717, 1.165) is 11.6 Å². The molecule has 40 heavy (non-hydrogen) atoms. The lowest BCUT2D eigenvalue weighted by Gasteiger charge is -2.37. The molecule has 4 atom stereocenters. The van der Waals surface area contributed by atoms with E-state index in [1.165, 1.54) is 36.0 Å². The Hall–Kier alpha value is -3.66. The Morgan fingerprint density at radius 1 is 1.05 bits per heavy atom. The van der Waals surface area contributed by atoms with Gasteiger partial charge in [0.1, 0.15) is 23.4 Å². The van der Waals surface area contributed by atoms with E-state index in [2.05, 4.69) is 0 Å². The van der Waals surface area contributed by atoms with Crippen molar-refractivity contribution in [2.24, 2.45) is 17.4 Å². The van der Waals surface area contributed by atoms with Crippen LogP contribution in [-0.4, -0.2) is 69.5 Å². The third-order valence-corrected chi connectivity index (χ3v) is 7.84. The number of carbonyl (C=O) groups excluding carboxylic acids is 3. The van der Waals surface area contributed by atoms with Crippen molar-refractivity contribution in [2.45, 2.75) is 76.4 Å². The number of rotatable bonds is 9. The summed E-state index contributed by atoms with van der Waals surface area (Å²) in [6.45, 7) is 9.45. The van der Waals surface area contributed by atoms with Crippen LogP contribution < -0.4 is 11.5 Å². The van der Waals surface area contributed by atoms with Gasteiger partial charge in [-0.25, -0.2) is 4.39 Å². The van der Waals surface area contributed by atoms with Gasteiger partial charge >= 0.3 is 0 Å². The molecular weight excluding hydrogens is 515 g/mol. The zero-order chi connectivity index (χ0) is 30.3. The van der Waals surface area contributed by atoms with E-state index >= 15 is 0 Å². The number of primary amides is 1. The summed E-state index contributed by atoms with van der Waals surface area (Å²) in [6, 6.07) is 7.00. The Morgan fingerprint density at radius 2 is 1.65 bits per heavy atom. The third-order valence-electron chi connectivity index (χ3n) is 7.84. The Bertz CT molecular complexity index is 1310. The molecule has 6 N–H and O–H groups in total. The first-order valence-corrected chi connectivity index (χ1v) is 13.3. The number of phenols is 2. The number of halogens is 1. The maximum atomic E-state index is 13.9. The fourth-order valence-corrected chi connectivity index (χ4v) is 5.35. The van der Waals surface area contributed by atoms with Gasteiger partial charge in [-0.05, 0) is 52.6 Å². The smallest absolute Gasteiger partial charge is 0.246 e. The Balaban J connectivity index is 1.83. The van der Waals surface area contributed by atoms with Crippen LogP contribution in [-0.2, 0) is 26.2 Å². The number of hydrogen-bond acceptors (Lipinski definition) is 6. The van der Waals surface area contributed by atoms with Crippen molar-refractivity contribution >= 4 is 17.7 Å². The lowest BCUT2D eigenvalue weighted by Crippen LogP contribution is -2.59. The minimum absolute atomic E-state index is 0.124. The van der Waals surface area contributed by atoms with Crippen molar-refractivity contribution in [1.29, 1.82) is 0 Å². The van der Waals surface area contributed by atoms with Crippen molar-refractivity contribution in [3.63, 3.8) is 0 Å². The molecule has 0 bridgehead atoms. The predicted molar refractivity (Wildman–Crippen MR) is 150 cm³/mol. The fraction of sp³-hybridized carbons (Fsp3) is 0.500. The average Bonchev–Trinajstić information content (AvgIpc) is 3.55. The topological polar surface area (TPSA) is 150 Å². The third kappa shape index (κ3) is 6.06. The van der Waals surface area contributed by atoms with Crippen LogP contribution in [0.4, 0.5) is 4.39 Å². The highest BCUT2D eigenvalue weighted by molar-refractivity contribution is 5.96. The molecule has 0 saturated heterocycles. The molecular formula is C30H41FN4O5. The Labute approximate surface area is 234 Å². The molecule has 9 nitrogen and oxygen atoms in total. The summed E-state index contributed by atoms with van der Waals surface area (Å²) in [5.41, 5.74) is 12.4. The second-order valence-corrected chi connectivity index (χ2v) is 12.3. The summed E-state index contributed by atoms with van der Waals surface area (Å²) < 4.78 is 13.9. The molecule has 1 aliphatic carbocycles. The Kier molecular flexibility index (Phi) is 8.55. The molecule has 10 heteroatoms. The molecule has 2 aromatic carbocycles. The van der Waals surface area contributed by atoms with E-state index in [0.29, 0.717) is 11.1 Å². The summed E-state index contributed by atoms with van der Waals surface area (Å²) >= 11 is 0. The Morgan fingerprint density at radius 3 is 2.17 bits per heavy atom. The highest BCUT2D eigenvalue weighted by Crippen LogP contribution is 2.51. The molecule has 218 valence electrons. The van der Waals surface area contributed by atoms with E-state index in [1.54, 1.807) is 32.0 Å². The maximum Gasteiger partial charge on any atom is 0.246 e. The molecule has 1 fully saturated rings. The van der Waals surface area contributed by atoms with E-state index in [4.69, 9.17) is 11.5 Å². The molecule has 1 aliphatic rings. The number of nitrogens with zero attached hydrogens (tertiary/aromatic N) is 2. The van der Waals surface area contributed by atoms with Crippen LogP contribution in [0.1, 0.15) is 63.6 Å². The van der Waals surface area contributed by atoms with Gasteiger partial charge in [0, 0.05) is 26.4 Å². The van der Waals surface area contributed by atoms with Gasteiger partial charge in [-0.2, -0.15) is 0 Å². The monoisotopic (exact) mass is 556 g/mol. The highest BCUT2D eigenvalue weighted by Gasteiger charge is 2.60. The summed E-state index contributed by atoms with van der Waals surface area (Å²) in [5.74, 6) is -3.60. The second kappa shape index (κ2) is 11.1. The summed E-state index contributed by atoms with van der Waals surface area (Å²) in [6.07, 6.45) is 0.384. The molecule has 0 radical (unpaired) electrons. The lowest BCUT2D eigenvalue weighted by atomic mass is 9.84. The first-order chi connectivity index (χ1) is 18.4. The maximum absolute atomic E-state index is 13.9. The first kappa shape index (κ1) is 30.9. The fourth-order valence-electron chi connectivity index (χ4n) is 5.35. The number of likely N-dealkylation sites (N-methyl/N-ethyl adjacent to an activating group) is 2. The van der Waals surface area contributed by atoms with Gasteiger partial charge in [-0.1, -0.05) is 52.8 Å². The van der Waals surface area contributed by atoms with Crippen LogP contribution in [0.5, 0.6) is 11.5 Å². The standard InChI is InChI=1S/C30H41FN4O5/c1-16(2)25(35(7)28(40)30(33)15-20(30)18-9-11-24(37)21(31)14-18)27(39)34(6)22(26(32)38)13-17-8-10-23(36)19(12-17)29(3,4)5/h8-12,14,16,20,22,25,36-37H,13,15,33H2,1-7H3,(H2,32,38)/t20?,22-,25-,30?/m0/s1. The zero-order valence-corrected chi connectivity index (χ0v) is 24.2. The number of nitrogens with two attached hydrogens (primary N) is 2. The summed E-state index contributed by atoms with van der Waals surface area (Å²) in [4.78, 5) is 42.5. The molecule has 0 spiro atoms. The van der Waals surface area contributed by atoms with Gasteiger partial charge < -0.3 is 31.5 Å². The number of amides is 3. The van der Waals surface area contributed by atoms with E-state index in [9.17, 15) is 29.0 Å². The number of phenolic OH excluding ortho intramolecular Hbond substituents is 2. The minimum atomic E-state index is -1.33. The van der Waals surface area contributed by atoms with Crippen molar-refractivity contribution in [2.75, 3.05) is 14.1 Å². The zero-order valence-electron chi connectivity index (χ0n) is 24.2. The van der Waals surface area contributed by atoms with E-state index in [1.807, 2.05) is 20.8 Å². The van der Waals surface area contributed by atoms with Crippen molar-refractivity contribution in [3.8, 4) is 11.5 Å². The van der Waals surface area contributed by atoms with Gasteiger partial charge in [0.25, 0.3) is 0 Å². The minimum Gasteiger partial charge on any atom is -0.508 e. The van der Waals surface area contributed by atoms with Gasteiger partial charge in [-0.3, -0.25) is 14.4 Å². The van der Waals surface area contributed by atoms with Gasteiger partial charge in [0.2, 0.25) is 17.7 Å². The molecule has 0 heterocycles. The number of aromatic hydroxyl groups is 2. The molecule has 2 aromatic rings. The molecule has 3 amide bonds. The number of carbonyl (C=O) groups is 3. The summed E-state index contributed by atoms with van der Waals surface area (Å²) in [5, 5.41) is 19.8. The van der Waals surface area contributed by atoms with Crippen molar-refractivity contribution in [1.82, 2.24) is 9.80 Å². The van der Waals surface area contributed by atoms with Gasteiger partial charge in [0.05, 0.1) is 0 Å². The molecule has 2 unspecified atom stereocenters. The largest absolute Gasteiger partial charge is 0.508 e. The SMILES string of the molecule is CC(C)[C@@H](C(=O)N(C)[C@@H](Cc1ccc(O)c(C(C)(C)C)c1)C(N)=O)N(C)C(=O)C1(N)CC1c1ccc(O)c(F)c1. The number of benzene rings is 2. The lowest BCUT2D eigenvalue weighted by molar-refractivity contribution is -0.149. The van der Waals surface area contributed by atoms with Gasteiger partial charge in [0.15, 0.2) is 11.6 Å². The van der Waals surface area contributed by atoms with Gasteiger partial charge in [-0.15, -0.1) is 0 Å². The van der Waals surface area contributed by atoms with Crippen LogP contribution >= 0.6 is 0 Å². The normalized spacial score (nSPS) is 20.1. The quantitative estimate of drug-likeness (QED) is 0.373. The molecule has 0 aliphatic heterocycles.